The van der Waals surface area contributed by atoms with Crippen molar-refractivity contribution in [1.82, 2.24) is 4.90 Å². The van der Waals surface area contributed by atoms with E-state index in [4.69, 9.17) is 15.2 Å². The molecule has 0 aromatic heterocycles. The zero-order valence-electron chi connectivity index (χ0n) is 12.9. The number of likely N-dealkylation sites (tertiary alicyclic amines) is 1. The summed E-state index contributed by atoms with van der Waals surface area (Å²) in [6.07, 6.45) is 1.07. The standard InChI is InChI=1S/C16H26N2O2/c1-11-12(2)18(8-7-14(11)17)10-13-5-6-15(19-3)16(9-13)20-4/h5-6,9,11-12,14H,7-8,10,17H2,1-4H3. The summed E-state index contributed by atoms with van der Waals surface area (Å²) in [5.41, 5.74) is 7.39. The third-order valence-electron chi connectivity index (χ3n) is 4.60. The molecule has 1 saturated heterocycles. The minimum atomic E-state index is 0.326. The van der Waals surface area contributed by atoms with E-state index in [1.54, 1.807) is 14.2 Å². The number of hydrogen-bond donors (Lipinski definition) is 1. The minimum absolute atomic E-state index is 0.326. The van der Waals surface area contributed by atoms with Gasteiger partial charge in [0, 0.05) is 25.2 Å². The molecule has 1 heterocycles. The van der Waals surface area contributed by atoms with Crippen LogP contribution in [-0.2, 0) is 6.54 Å². The van der Waals surface area contributed by atoms with Gasteiger partial charge in [-0.25, -0.2) is 0 Å². The number of hydrogen-bond acceptors (Lipinski definition) is 4. The van der Waals surface area contributed by atoms with Crippen molar-refractivity contribution < 1.29 is 9.47 Å². The van der Waals surface area contributed by atoms with Gasteiger partial charge in [0.05, 0.1) is 14.2 Å². The summed E-state index contributed by atoms with van der Waals surface area (Å²) >= 11 is 0. The number of methoxy groups -OCH3 is 2. The molecule has 1 aromatic rings. The highest BCUT2D eigenvalue weighted by molar-refractivity contribution is 5.42. The molecule has 0 saturated carbocycles. The smallest absolute Gasteiger partial charge is 0.161 e. The van der Waals surface area contributed by atoms with Gasteiger partial charge in [0.25, 0.3) is 0 Å². The lowest BCUT2D eigenvalue weighted by Crippen LogP contribution is -2.51. The van der Waals surface area contributed by atoms with E-state index in [2.05, 4.69) is 30.9 Å². The molecule has 1 aliphatic heterocycles. The zero-order valence-corrected chi connectivity index (χ0v) is 12.9. The fourth-order valence-corrected chi connectivity index (χ4v) is 2.91. The first-order chi connectivity index (χ1) is 9.56. The average Bonchev–Trinajstić information content (AvgIpc) is 2.47. The molecule has 0 aliphatic carbocycles. The van der Waals surface area contributed by atoms with Crippen molar-refractivity contribution in [3.63, 3.8) is 0 Å². The molecular formula is C16H26N2O2. The molecule has 112 valence electrons. The monoisotopic (exact) mass is 278 g/mol. The van der Waals surface area contributed by atoms with Crippen molar-refractivity contribution in [3.8, 4) is 11.5 Å². The minimum Gasteiger partial charge on any atom is -0.493 e. The second-order valence-electron chi connectivity index (χ2n) is 5.71. The summed E-state index contributed by atoms with van der Waals surface area (Å²) in [6, 6.07) is 6.97. The van der Waals surface area contributed by atoms with Gasteiger partial charge in [-0.3, -0.25) is 4.90 Å². The molecule has 0 radical (unpaired) electrons. The summed E-state index contributed by atoms with van der Waals surface area (Å²) in [7, 11) is 3.33. The Hall–Kier alpha value is -1.26. The van der Waals surface area contributed by atoms with Crippen molar-refractivity contribution in [2.75, 3.05) is 20.8 Å². The Bertz CT molecular complexity index is 450. The molecule has 1 fully saturated rings. The van der Waals surface area contributed by atoms with Crippen molar-refractivity contribution in [1.29, 1.82) is 0 Å². The number of rotatable bonds is 4. The van der Waals surface area contributed by atoms with Crippen LogP contribution in [0.2, 0.25) is 0 Å². The number of benzene rings is 1. The van der Waals surface area contributed by atoms with Gasteiger partial charge in [0.1, 0.15) is 0 Å². The summed E-state index contributed by atoms with van der Waals surface area (Å²) < 4.78 is 10.6. The van der Waals surface area contributed by atoms with Crippen LogP contribution in [0.4, 0.5) is 0 Å². The molecule has 4 nitrogen and oxygen atoms in total. The fourth-order valence-electron chi connectivity index (χ4n) is 2.91. The maximum atomic E-state index is 6.14. The van der Waals surface area contributed by atoms with Crippen molar-refractivity contribution in [2.24, 2.45) is 11.7 Å². The van der Waals surface area contributed by atoms with Crippen LogP contribution in [0, 0.1) is 5.92 Å². The predicted molar refractivity (Wildman–Crippen MR) is 81.2 cm³/mol. The molecule has 20 heavy (non-hydrogen) atoms. The lowest BCUT2D eigenvalue weighted by molar-refractivity contribution is 0.0909. The quantitative estimate of drug-likeness (QED) is 0.918. The molecule has 4 heteroatoms. The van der Waals surface area contributed by atoms with Gasteiger partial charge < -0.3 is 15.2 Å². The Morgan fingerprint density at radius 2 is 1.90 bits per heavy atom. The maximum absolute atomic E-state index is 6.14. The van der Waals surface area contributed by atoms with E-state index in [1.807, 2.05) is 6.07 Å². The predicted octanol–water partition coefficient (Wildman–Crippen LogP) is 2.26. The van der Waals surface area contributed by atoms with Crippen LogP contribution in [0.25, 0.3) is 0 Å². The van der Waals surface area contributed by atoms with Gasteiger partial charge >= 0.3 is 0 Å². The highest BCUT2D eigenvalue weighted by Crippen LogP contribution is 2.29. The highest BCUT2D eigenvalue weighted by atomic mass is 16.5. The van der Waals surface area contributed by atoms with Crippen molar-refractivity contribution in [2.45, 2.75) is 38.9 Å². The summed E-state index contributed by atoms with van der Waals surface area (Å²) in [5.74, 6) is 2.10. The van der Waals surface area contributed by atoms with Gasteiger partial charge in [-0.05, 0) is 37.0 Å². The molecule has 3 atom stereocenters. The molecule has 3 unspecified atom stereocenters. The number of piperidine rings is 1. The fraction of sp³-hybridized carbons (Fsp3) is 0.625. The molecule has 0 amide bonds. The second kappa shape index (κ2) is 6.46. The van der Waals surface area contributed by atoms with E-state index < -0.39 is 0 Å². The van der Waals surface area contributed by atoms with Crippen LogP contribution >= 0.6 is 0 Å². The summed E-state index contributed by atoms with van der Waals surface area (Å²) in [4.78, 5) is 2.50. The third kappa shape index (κ3) is 3.07. The Kier molecular flexibility index (Phi) is 4.89. The van der Waals surface area contributed by atoms with Crippen molar-refractivity contribution in [3.05, 3.63) is 23.8 Å². The van der Waals surface area contributed by atoms with Crippen LogP contribution in [-0.4, -0.2) is 37.7 Å². The molecule has 1 aromatic carbocycles. The number of nitrogens with zero attached hydrogens (tertiary/aromatic N) is 1. The Labute approximate surface area is 121 Å². The second-order valence-corrected chi connectivity index (χ2v) is 5.71. The SMILES string of the molecule is COc1ccc(CN2CCC(N)C(C)C2C)cc1OC. The third-order valence-corrected chi connectivity index (χ3v) is 4.60. The van der Waals surface area contributed by atoms with Crippen LogP contribution in [0.5, 0.6) is 11.5 Å². The van der Waals surface area contributed by atoms with Crippen LogP contribution in [0.1, 0.15) is 25.8 Å². The molecule has 2 N–H and O–H groups in total. The highest BCUT2D eigenvalue weighted by Gasteiger charge is 2.30. The lowest BCUT2D eigenvalue weighted by atomic mass is 9.87. The van der Waals surface area contributed by atoms with Crippen LogP contribution < -0.4 is 15.2 Å². The molecule has 0 spiro atoms. The van der Waals surface area contributed by atoms with E-state index >= 15 is 0 Å². The Morgan fingerprint density at radius 1 is 1.20 bits per heavy atom. The van der Waals surface area contributed by atoms with Gasteiger partial charge in [-0.15, -0.1) is 0 Å². The van der Waals surface area contributed by atoms with Gasteiger partial charge in [0.2, 0.25) is 0 Å². The topological polar surface area (TPSA) is 47.7 Å². The molecule has 0 bridgehead atoms. The Morgan fingerprint density at radius 3 is 2.55 bits per heavy atom. The van der Waals surface area contributed by atoms with E-state index in [0.717, 1.165) is 31.0 Å². The first-order valence-corrected chi connectivity index (χ1v) is 7.27. The van der Waals surface area contributed by atoms with Gasteiger partial charge in [-0.1, -0.05) is 13.0 Å². The van der Waals surface area contributed by atoms with Gasteiger partial charge in [0.15, 0.2) is 11.5 Å². The average molecular weight is 278 g/mol. The van der Waals surface area contributed by atoms with Crippen LogP contribution in [0.15, 0.2) is 18.2 Å². The summed E-state index contributed by atoms with van der Waals surface area (Å²) in [6.45, 7) is 6.50. The maximum Gasteiger partial charge on any atom is 0.161 e. The summed E-state index contributed by atoms with van der Waals surface area (Å²) in [5, 5.41) is 0. The number of ether oxygens (including phenoxy) is 2. The molecule has 1 aliphatic rings. The molecule has 2 rings (SSSR count). The van der Waals surface area contributed by atoms with Crippen molar-refractivity contribution >= 4 is 0 Å². The van der Waals surface area contributed by atoms with Crippen LogP contribution in [0.3, 0.4) is 0 Å². The van der Waals surface area contributed by atoms with E-state index in [0.29, 0.717) is 18.0 Å². The first kappa shape index (κ1) is 15.1. The van der Waals surface area contributed by atoms with E-state index in [-0.39, 0.29) is 0 Å². The Balaban J connectivity index is 2.10. The van der Waals surface area contributed by atoms with E-state index in [9.17, 15) is 0 Å². The van der Waals surface area contributed by atoms with E-state index in [1.165, 1.54) is 5.56 Å². The molecular weight excluding hydrogens is 252 g/mol. The van der Waals surface area contributed by atoms with Gasteiger partial charge in [-0.2, -0.15) is 0 Å². The zero-order chi connectivity index (χ0) is 14.7. The largest absolute Gasteiger partial charge is 0.493 e. The normalized spacial score (nSPS) is 27.4. The first-order valence-electron chi connectivity index (χ1n) is 7.27. The number of nitrogens with two attached hydrogens (primary N) is 1. The lowest BCUT2D eigenvalue weighted by Gasteiger charge is -2.41.